The Morgan fingerprint density at radius 3 is 2.45 bits per heavy atom. The average Bonchev–Trinajstić information content (AvgIpc) is 3.12. The maximum atomic E-state index is 13.4. The molecule has 0 saturated carbocycles. The molecule has 1 aromatic carbocycles. The molecule has 0 aliphatic carbocycles. The van der Waals surface area contributed by atoms with Gasteiger partial charge in [0.25, 0.3) is 5.91 Å². The second-order valence-electron chi connectivity index (χ2n) is 6.67. The number of aromatic nitrogens is 4. The summed E-state index contributed by atoms with van der Waals surface area (Å²) in [7, 11) is 1.80. The molecule has 0 radical (unpaired) electrons. The van der Waals surface area contributed by atoms with E-state index < -0.39 is 0 Å². The molecule has 6 nitrogen and oxygen atoms in total. The number of pyridine rings is 1. The van der Waals surface area contributed by atoms with Gasteiger partial charge in [0.1, 0.15) is 11.5 Å². The lowest BCUT2D eigenvalue weighted by molar-refractivity contribution is 0.101. The first kappa shape index (κ1) is 18.5. The Bertz CT molecular complexity index is 1170. The Kier molecular flexibility index (Phi) is 4.87. The van der Waals surface area contributed by atoms with Crippen LogP contribution in [0.5, 0.6) is 0 Å². The monoisotopic (exact) mass is 387 g/mol. The minimum atomic E-state index is -0.335. The lowest BCUT2D eigenvalue weighted by Gasteiger charge is -2.05. The van der Waals surface area contributed by atoms with Gasteiger partial charge >= 0.3 is 0 Å². The highest BCUT2D eigenvalue weighted by atomic mass is 19.1. The minimum absolute atomic E-state index is 0.235. The molecule has 1 N–H and O–H groups in total. The third kappa shape index (κ3) is 4.03. The Balaban J connectivity index is 1.55. The van der Waals surface area contributed by atoms with Gasteiger partial charge in [0, 0.05) is 48.0 Å². The smallest absolute Gasteiger partial charge is 0.272 e. The van der Waals surface area contributed by atoms with Crippen LogP contribution >= 0.6 is 0 Å². The van der Waals surface area contributed by atoms with Crippen molar-refractivity contribution < 1.29 is 9.18 Å². The molecule has 4 aromatic rings. The van der Waals surface area contributed by atoms with E-state index in [0.717, 1.165) is 16.8 Å². The predicted octanol–water partition coefficient (Wildman–Crippen LogP) is 4.24. The number of benzene rings is 1. The third-order valence-corrected chi connectivity index (χ3v) is 4.47. The molecule has 0 fully saturated rings. The second-order valence-corrected chi connectivity index (χ2v) is 6.67. The summed E-state index contributed by atoms with van der Waals surface area (Å²) in [6, 6.07) is 11.6. The molecular weight excluding hydrogens is 369 g/mol. The van der Waals surface area contributed by atoms with Crippen LogP contribution < -0.4 is 5.32 Å². The van der Waals surface area contributed by atoms with E-state index in [1.165, 1.54) is 12.1 Å². The van der Waals surface area contributed by atoms with Crippen LogP contribution in [0, 0.1) is 12.7 Å². The van der Waals surface area contributed by atoms with Crippen LogP contribution in [0.3, 0.4) is 0 Å². The summed E-state index contributed by atoms with van der Waals surface area (Å²) < 4.78 is 15.1. The fraction of sp³-hybridized carbons (Fsp3) is 0.0909. The van der Waals surface area contributed by atoms with Gasteiger partial charge in [0.15, 0.2) is 5.82 Å². The Labute approximate surface area is 167 Å². The maximum absolute atomic E-state index is 13.4. The summed E-state index contributed by atoms with van der Waals surface area (Å²) in [5.41, 5.74) is 4.19. The molecule has 144 valence electrons. The number of amides is 1. The Morgan fingerprint density at radius 2 is 1.76 bits per heavy atom. The molecule has 4 rings (SSSR count). The molecule has 0 spiro atoms. The van der Waals surface area contributed by atoms with E-state index in [9.17, 15) is 9.18 Å². The molecule has 0 aliphatic rings. The number of nitrogens with one attached hydrogen (secondary N) is 1. The summed E-state index contributed by atoms with van der Waals surface area (Å²) >= 11 is 0. The van der Waals surface area contributed by atoms with E-state index in [4.69, 9.17) is 0 Å². The zero-order chi connectivity index (χ0) is 20.4. The third-order valence-electron chi connectivity index (χ3n) is 4.47. The van der Waals surface area contributed by atoms with Gasteiger partial charge in [-0.15, -0.1) is 0 Å². The number of hydrogen-bond acceptors (Lipinski definition) is 4. The highest BCUT2D eigenvalue weighted by molar-refractivity contribution is 6.04. The van der Waals surface area contributed by atoms with E-state index in [1.807, 2.05) is 25.3 Å². The molecule has 3 aromatic heterocycles. The molecule has 3 heterocycles. The first-order valence-electron chi connectivity index (χ1n) is 8.98. The largest absolute Gasteiger partial charge is 0.346 e. The normalized spacial score (nSPS) is 10.7. The molecule has 7 heteroatoms. The van der Waals surface area contributed by atoms with Crippen molar-refractivity contribution in [2.75, 3.05) is 5.32 Å². The zero-order valence-corrected chi connectivity index (χ0v) is 15.9. The van der Waals surface area contributed by atoms with Gasteiger partial charge in [-0.25, -0.2) is 14.4 Å². The number of hydrogen-bond donors (Lipinski definition) is 1. The van der Waals surface area contributed by atoms with E-state index in [0.29, 0.717) is 22.8 Å². The highest BCUT2D eigenvalue weighted by Gasteiger charge is 2.14. The van der Waals surface area contributed by atoms with Crippen LogP contribution in [0.1, 0.15) is 16.2 Å². The van der Waals surface area contributed by atoms with Crippen molar-refractivity contribution in [1.82, 2.24) is 19.5 Å². The van der Waals surface area contributed by atoms with Crippen LogP contribution in [-0.4, -0.2) is 25.4 Å². The van der Waals surface area contributed by atoms with Crippen molar-refractivity contribution in [3.05, 3.63) is 84.5 Å². The number of aryl methyl sites for hydroxylation is 2. The van der Waals surface area contributed by atoms with Crippen molar-refractivity contribution in [2.45, 2.75) is 6.92 Å². The molecule has 29 heavy (non-hydrogen) atoms. The summed E-state index contributed by atoms with van der Waals surface area (Å²) in [6.07, 6.45) is 6.78. The van der Waals surface area contributed by atoms with Crippen molar-refractivity contribution >= 4 is 11.6 Å². The summed E-state index contributed by atoms with van der Waals surface area (Å²) in [5.74, 6) is -0.131. The average molecular weight is 387 g/mol. The summed E-state index contributed by atoms with van der Waals surface area (Å²) in [6.45, 7) is 1.89. The van der Waals surface area contributed by atoms with Gasteiger partial charge in [0.2, 0.25) is 0 Å². The number of rotatable bonds is 4. The van der Waals surface area contributed by atoms with Crippen molar-refractivity contribution in [2.24, 2.45) is 7.05 Å². The lowest BCUT2D eigenvalue weighted by Crippen LogP contribution is -2.15. The van der Waals surface area contributed by atoms with Gasteiger partial charge in [-0.3, -0.25) is 9.78 Å². The standard InChI is InChI=1S/C22H18FN5O/c1-14-6-7-19(12-24-14)27-22(29)20-9-16(13-28(20)2)17-10-25-21(26-11-17)15-4-3-5-18(23)8-15/h3-13H,1-2H3,(H,27,29). The van der Waals surface area contributed by atoms with Gasteiger partial charge < -0.3 is 9.88 Å². The molecule has 1 amide bonds. The van der Waals surface area contributed by atoms with Crippen molar-refractivity contribution in [3.8, 4) is 22.5 Å². The van der Waals surface area contributed by atoms with Crippen LogP contribution in [0.4, 0.5) is 10.1 Å². The van der Waals surface area contributed by atoms with Crippen molar-refractivity contribution in [3.63, 3.8) is 0 Å². The van der Waals surface area contributed by atoms with E-state index >= 15 is 0 Å². The minimum Gasteiger partial charge on any atom is -0.346 e. The van der Waals surface area contributed by atoms with Crippen LogP contribution in [0.15, 0.2) is 67.3 Å². The number of halogens is 1. The summed E-state index contributed by atoms with van der Waals surface area (Å²) in [5, 5.41) is 2.84. The number of carbonyl (C=O) groups excluding carboxylic acids is 1. The Hall–Kier alpha value is -3.87. The maximum Gasteiger partial charge on any atom is 0.272 e. The number of carbonyl (C=O) groups is 1. The van der Waals surface area contributed by atoms with Gasteiger partial charge in [-0.2, -0.15) is 0 Å². The molecular formula is C22H18FN5O. The molecule has 0 unspecified atom stereocenters. The van der Waals surface area contributed by atoms with E-state index in [2.05, 4.69) is 20.3 Å². The first-order valence-corrected chi connectivity index (χ1v) is 8.98. The molecule has 0 aliphatic heterocycles. The summed E-state index contributed by atoms with van der Waals surface area (Å²) in [4.78, 5) is 25.4. The van der Waals surface area contributed by atoms with Gasteiger partial charge in [-0.1, -0.05) is 12.1 Å². The van der Waals surface area contributed by atoms with Gasteiger partial charge in [0.05, 0.1) is 11.9 Å². The molecule has 0 bridgehead atoms. The topological polar surface area (TPSA) is 72.7 Å². The fourth-order valence-electron chi connectivity index (χ4n) is 2.94. The molecule has 0 atom stereocenters. The van der Waals surface area contributed by atoms with Crippen LogP contribution in [-0.2, 0) is 7.05 Å². The highest BCUT2D eigenvalue weighted by Crippen LogP contribution is 2.23. The van der Waals surface area contributed by atoms with E-state index in [1.54, 1.807) is 48.4 Å². The fourth-order valence-corrected chi connectivity index (χ4v) is 2.94. The second kappa shape index (κ2) is 7.63. The Morgan fingerprint density at radius 1 is 0.966 bits per heavy atom. The lowest BCUT2D eigenvalue weighted by atomic mass is 10.1. The number of nitrogens with zero attached hydrogens (tertiary/aromatic N) is 4. The first-order chi connectivity index (χ1) is 14.0. The zero-order valence-electron chi connectivity index (χ0n) is 15.9. The predicted molar refractivity (Wildman–Crippen MR) is 109 cm³/mol. The SMILES string of the molecule is Cc1ccc(NC(=O)c2cc(-c3cnc(-c4cccc(F)c4)nc3)cn2C)cn1. The van der Waals surface area contributed by atoms with Gasteiger partial charge in [-0.05, 0) is 37.3 Å². The number of anilines is 1. The van der Waals surface area contributed by atoms with E-state index in [-0.39, 0.29) is 11.7 Å². The quantitative estimate of drug-likeness (QED) is 0.568. The van der Waals surface area contributed by atoms with Crippen LogP contribution in [0.25, 0.3) is 22.5 Å². The molecule has 0 saturated heterocycles. The van der Waals surface area contributed by atoms with Crippen LogP contribution in [0.2, 0.25) is 0 Å². The van der Waals surface area contributed by atoms with Crippen molar-refractivity contribution in [1.29, 1.82) is 0 Å².